The third kappa shape index (κ3) is 13.8. The van der Waals surface area contributed by atoms with Crippen LogP contribution in [0, 0.1) is 11.7 Å². The van der Waals surface area contributed by atoms with E-state index in [0.29, 0.717) is 9.87 Å². The summed E-state index contributed by atoms with van der Waals surface area (Å²) in [7, 11) is -5.15. The maximum Gasteiger partial charge on any atom is 0.422 e. The first kappa shape index (κ1) is 46.3. The molecule has 0 spiro atoms. The second kappa shape index (κ2) is 18.5. The molecule has 1 atom stereocenters. The van der Waals surface area contributed by atoms with E-state index in [9.17, 15) is 27.6 Å². The Labute approximate surface area is 335 Å². The number of rotatable bonds is 14. The number of nitrogens with one attached hydrogen (secondary N) is 1. The van der Waals surface area contributed by atoms with Gasteiger partial charge < -0.3 is 28.6 Å². The van der Waals surface area contributed by atoms with Crippen molar-refractivity contribution in [2.75, 3.05) is 35.4 Å². The van der Waals surface area contributed by atoms with Crippen molar-refractivity contribution in [2.45, 2.75) is 112 Å². The largest absolute Gasteiger partial charge is 0.487 e. The van der Waals surface area contributed by atoms with Gasteiger partial charge in [-0.15, -0.1) is 0 Å². The fourth-order valence-electron chi connectivity index (χ4n) is 5.70. The zero-order valence-electron chi connectivity index (χ0n) is 34.8. The number of hydrogen-bond acceptors (Lipinski definition) is 11. The highest BCUT2D eigenvalue weighted by Gasteiger charge is 2.44. The molecular formula is C40H57FN4O11S. The lowest BCUT2D eigenvalue weighted by molar-refractivity contribution is -0.152. The van der Waals surface area contributed by atoms with Gasteiger partial charge in [-0.1, -0.05) is 56.8 Å². The summed E-state index contributed by atoms with van der Waals surface area (Å²) in [6.07, 6.45) is -1.99. The standard InChI is InChI=1S/C40H57FN4O11S/c1-13-19-52-35(47)42-57(50,51)44(24-32(46)54-38(4,5)6)34-31(53-25-27-17-15-14-16-18-27)21-30-29(33(34)41)20-28(45(30)37(49)56-40(10,11)12)23-43(22-26(2)3)36(48)55-39(7,8)9/h13-18,21,26,28H,1,19-20,22-25H2,2-12H3,(H,42,47)/t28-/m1/s1. The van der Waals surface area contributed by atoms with Crippen molar-refractivity contribution in [2.24, 2.45) is 5.92 Å². The molecule has 3 rings (SSSR count). The molecule has 0 saturated heterocycles. The second-order valence-corrected chi connectivity index (χ2v) is 18.5. The van der Waals surface area contributed by atoms with Crippen LogP contribution in [-0.4, -0.2) is 86.7 Å². The van der Waals surface area contributed by atoms with Gasteiger partial charge in [0, 0.05) is 31.1 Å². The first-order valence-corrected chi connectivity index (χ1v) is 20.0. The van der Waals surface area contributed by atoms with Gasteiger partial charge in [0.05, 0.1) is 11.7 Å². The topological polar surface area (TPSA) is 170 Å². The van der Waals surface area contributed by atoms with E-state index in [1.165, 1.54) is 21.9 Å². The Morgan fingerprint density at radius 3 is 2.11 bits per heavy atom. The predicted molar refractivity (Wildman–Crippen MR) is 213 cm³/mol. The molecule has 57 heavy (non-hydrogen) atoms. The third-order valence-electron chi connectivity index (χ3n) is 7.62. The average Bonchev–Trinajstić information content (AvgIpc) is 3.41. The maximum absolute atomic E-state index is 17.6. The van der Waals surface area contributed by atoms with Crippen LogP contribution in [0.15, 0.2) is 49.1 Å². The van der Waals surface area contributed by atoms with Crippen LogP contribution >= 0.6 is 0 Å². The molecule has 0 unspecified atom stereocenters. The first-order valence-electron chi connectivity index (χ1n) is 18.5. The van der Waals surface area contributed by atoms with Gasteiger partial charge in [-0.3, -0.25) is 9.69 Å². The number of carbonyl (C=O) groups excluding carboxylic acids is 4. The SMILES string of the molecule is C=CCOC(=O)NS(=O)(=O)N(CC(=O)OC(C)(C)C)c1c(OCc2ccccc2)cc2c(c1F)C[C@H](CN(CC(C)C)C(=O)OC(C)(C)C)N2C(=O)OC(C)(C)C. The zero-order valence-corrected chi connectivity index (χ0v) is 35.6. The van der Waals surface area contributed by atoms with Gasteiger partial charge in [0.25, 0.3) is 0 Å². The van der Waals surface area contributed by atoms with Crippen molar-refractivity contribution in [1.82, 2.24) is 9.62 Å². The molecule has 3 amide bonds. The van der Waals surface area contributed by atoms with Crippen LogP contribution in [0.2, 0.25) is 0 Å². The molecule has 15 nitrogen and oxygen atoms in total. The summed E-state index contributed by atoms with van der Waals surface area (Å²) in [6.45, 7) is 20.5. The Bertz CT molecular complexity index is 1890. The molecule has 1 heterocycles. The van der Waals surface area contributed by atoms with Crippen molar-refractivity contribution in [3.8, 4) is 5.75 Å². The second-order valence-electron chi connectivity index (χ2n) is 16.9. The molecule has 17 heteroatoms. The number of anilines is 2. The lowest BCUT2D eigenvalue weighted by atomic mass is 10.1. The summed E-state index contributed by atoms with van der Waals surface area (Å²) in [6, 6.07) is 9.02. The number of nitrogens with zero attached hydrogens (tertiary/aromatic N) is 3. The van der Waals surface area contributed by atoms with E-state index in [0.717, 1.165) is 0 Å². The minimum Gasteiger partial charge on any atom is -0.487 e. The van der Waals surface area contributed by atoms with Gasteiger partial charge >= 0.3 is 34.5 Å². The number of hydrogen-bond donors (Lipinski definition) is 1. The highest BCUT2D eigenvalue weighted by atomic mass is 32.2. The van der Waals surface area contributed by atoms with Crippen molar-refractivity contribution >= 4 is 45.8 Å². The fourth-order valence-corrected chi connectivity index (χ4v) is 6.77. The maximum atomic E-state index is 17.6. The number of halogens is 1. The monoisotopic (exact) mass is 820 g/mol. The molecule has 0 fully saturated rings. The van der Waals surface area contributed by atoms with Crippen molar-refractivity contribution < 1.29 is 55.7 Å². The number of carbonyl (C=O) groups is 4. The molecule has 0 aliphatic carbocycles. The molecular weight excluding hydrogens is 764 g/mol. The fraction of sp³-hybridized carbons (Fsp3) is 0.550. The Balaban J connectivity index is 2.34. The van der Waals surface area contributed by atoms with Crippen LogP contribution in [0.4, 0.5) is 30.1 Å². The van der Waals surface area contributed by atoms with Gasteiger partial charge in [0.1, 0.15) is 48.0 Å². The van der Waals surface area contributed by atoms with Crippen LogP contribution in [0.5, 0.6) is 5.75 Å². The van der Waals surface area contributed by atoms with Gasteiger partial charge in [-0.25, -0.2) is 27.8 Å². The van der Waals surface area contributed by atoms with Crippen LogP contribution in [0.1, 0.15) is 87.3 Å². The normalized spacial score (nSPS) is 14.3. The first-order chi connectivity index (χ1) is 26.2. The summed E-state index contributed by atoms with van der Waals surface area (Å²) in [5.41, 5.74) is -3.25. The van der Waals surface area contributed by atoms with Crippen LogP contribution in [0.25, 0.3) is 0 Å². The predicted octanol–water partition coefficient (Wildman–Crippen LogP) is 7.27. The minimum absolute atomic E-state index is 0.0276. The molecule has 2 aromatic rings. The molecule has 0 aromatic heterocycles. The summed E-state index contributed by atoms with van der Waals surface area (Å²) >= 11 is 0. The van der Waals surface area contributed by atoms with E-state index in [1.54, 1.807) is 97.4 Å². The smallest absolute Gasteiger partial charge is 0.422 e. The number of ether oxygens (including phenoxy) is 5. The number of fused-ring (bicyclic) bond motifs is 1. The minimum atomic E-state index is -5.15. The van der Waals surface area contributed by atoms with Crippen LogP contribution in [-0.2, 0) is 47.0 Å². The lowest BCUT2D eigenvalue weighted by Crippen LogP contribution is -2.50. The molecule has 1 aliphatic heterocycles. The van der Waals surface area contributed by atoms with Gasteiger partial charge in [-0.05, 0) is 73.8 Å². The third-order valence-corrected chi connectivity index (χ3v) is 8.94. The van der Waals surface area contributed by atoms with E-state index in [4.69, 9.17) is 23.7 Å². The van der Waals surface area contributed by atoms with E-state index >= 15 is 4.39 Å². The molecule has 1 aliphatic rings. The van der Waals surface area contributed by atoms with Crippen LogP contribution < -0.4 is 18.7 Å². The highest BCUT2D eigenvalue weighted by molar-refractivity contribution is 7.91. The Hall–Kier alpha value is -5.06. The summed E-state index contributed by atoms with van der Waals surface area (Å²) in [4.78, 5) is 56.1. The molecule has 1 N–H and O–H groups in total. The van der Waals surface area contributed by atoms with Gasteiger partial charge in [-0.2, -0.15) is 8.42 Å². The van der Waals surface area contributed by atoms with Crippen molar-refractivity contribution in [3.63, 3.8) is 0 Å². The number of esters is 1. The summed E-state index contributed by atoms with van der Waals surface area (Å²) < 4.78 is 75.5. The molecule has 316 valence electrons. The molecule has 0 bridgehead atoms. The Morgan fingerprint density at radius 2 is 1.56 bits per heavy atom. The van der Waals surface area contributed by atoms with Gasteiger partial charge in [0.15, 0.2) is 5.82 Å². The summed E-state index contributed by atoms with van der Waals surface area (Å²) in [5, 5.41) is 0. The van der Waals surface area contributed by atoms with E-state index in [-0.39, 0.29) is 49.9 Å². The quantitative estimate of drug-likeness (QED) is 0.116. The molecule has 0 radical (unpaired) electrons. The highest BCUT2D eigenvalue weighted by Crippen LogP contribution is 2.46. The van der Waals surface area contributed by atoms with E-state index < -0.39 is 81.1 Å². The number of benzene rings is 2. The number of amides is 3. The van der Waals surface area contributed by atoms with Gasteiger partial charge in [0.2, 0.25) is 0 Å². The van der Waals surface area contributed by atoms with Crippen LogP contribution in [0.3, 0.4) is 0 Å². The van der Waals surface area contributed by atoms with E-state index in [2.05, 4.69) is 6.58 Å². The van der Waals surface area contributed by atoms with E-state index in [1.807, 2.05) is 13.8 Å². The molecule has 2 aromatic carbocycles. The Kier molecular flexibility index (Phi) is 15.0. The lowest BCUT2D eigenvalue weighted by Gasteiger charge is -2.34. The molecule has 0 saturated carbocycles. The average molecular weight is 821 g/mol. The van der Waals surface area contributed by atoms with Crippen molar-refractivity contribution in [3.05, 3.63) is 66.0 Å². The summed E-state index contributed by atoms with van der Waals surface area (Å²) in [5.74, 6) is -2.72. The van der Waals surface area contributed by atoms with Crippen molar-refractivity contribution in [1.29, 1.82) is 0 Å². The zero-order chi connectivity index (χ0) is 43.1. The Morgan fingerprint density at radius 1 is 0.965 bits per heavy atom.